The molecule has 4 fully saturated rings. The van der Waals surface area contributed by atoms with Crippen LogP contribution >= 0.6 is 0 Å². The van der Waals surface area contributed by atoms with Crippen molar-refractivity contribution in [2.75, 3.05) is 0 Å². The third-order valence-corrected chi connectivity index (χ3v) is 7.65. The molecule has 4 aliphatic rings. The molecule has 1 aromatic heterocycles. The van der Waals surface area contributed by atoms with Gasteiger partial charge in [-0.05, 0) is 106 Å². The van der Waals surface area contributed by atoms with Gasteiger partial charge in [0.05, 0.1) is 0 Å². The van der Waals surface area contributed by atoms with E-state index in [2.05, 4.69) is 66.3 Å². The molecule has 0 atom stereocenters. The molecule has 0 aliphatic heterocycles. The Morgan fingerprint density at radius 3 is 2.31 bits per heavy atom. The van der Waals surface area contributed by atoms with Crippen molar-refractivity contribution in [3.05, 3.63) is 52.8 Å². The van der Waals surface area contributed by atoms with Crippen LogP contribution in [0.4, 0.5) is 4.79 Å². The average molecular weight is 392 g/mol. The number of carbonyl (C=O) groups excluding carboxylic acids is 1. The fourth-order valence-electron chi connectivity index (χ4n) is 6.90. The summed E-state index contributed by atoms with van der Waals surface area (Å²) in [5, 5.41) is 6.57. The van der Waals surface area contributed by atoms with E-state index in [0.29, 0.717) is 6.54 Å². The SMILES string of the molecule is Cc1cccc(-n2c(C)cc(CNC(=O)NC34CC5CC(CC(C5)C3)C4)c2C)c1. The van der Waals surface area contributed by atoms with Crippen molar-refractivity contribution >= 4 is 6.03 Å². The average Bonchev–Trinajstić information content (AvgIpc) is 2.92. The van der Waals surface area contributed by atoms with Gasteiger partial charge in [-0.2, -0.15) is 0 Å². The summed E-state index contributed by atoms with van der Waals surface area (Å²) in [6, 6.07) is 10.8. The van der Waals surface area contributed by atoms with E-state index in [9.17, 15) is 4.79 Å². The number of hydrogen-bond acceptors (Lipinski definition) is 1. The summed E-state index contributed by atoms with van der Waals surface area (Å²) < 4.78 is 2.28. The molecule has 4 nitrogen and oxygen atoms in total. The Kier molecular flexibility index (Phi) is 4.49. The normalized spacial score (nSPS) is 29.8. The summed E-state index contributed by atoms with van der Waals surface area (Å²) in [5.41, 5.74) is 6.09. The molecular weight excluding hydrogens is 358 g/mol. The highest BCUT2D eigenvalue weighted by Crippen LogP contribution is 2.55. The van der Waals surface area contributed by atoms with Crippen LogP contribution in [0.5, 0.6) is 0 Å². The number of nitrogens with zero attached hydrogens (tertiary/aromatic N) is 1. The number of amides is 2. The van der Waals surface area contributed by atoms with Gasteiger partial charge in [0.15, 0.2) is 0 Å². The Morgan fingerprint density at radius 2 is 1.69 bits per heavy atom. The Bertz CT molecular complexity index is 906. The lowest BCUT2D eigenvalue weighted by Gasteiger charge is -2.56. The van der Waals surface area contributed by atoms with Gasteiger partial charge in [-0.15, -0.1) is 0 Å². The van der Waals surface area contributed by atoms with Crippen molar-refractivity contribution in [3.63, 3.8) is 0 Å². The first-order valence-electron chi connectivity index (χ1n) is 11.2. The fraction of sp³-hybridized carbons (Fsp3) is 0.560. The summed E-state index contributed by atoms with van der Waals surface area (Å²) in [6.45, 7) is 6.97. The molecule has 0 radical (unpaired) electrons. The zero-order chi connectivity index (χ0) is 20.2. The van der Waals surface area contributed by atoms with Crippen LogP contribution in [0.2, 0.25) is 0 Å². The number of aromatic nitrogens is 1. The van der Waals surface area contributed by atoms with Crippen LogP contribution in [0.15, 0.2) is 30.3 Å². The Morgan fingerprint density at radius 1 is 1.03 bits per heavy atom. The summed E-state index contributed by atoms with van der Waals surface area (Å²) in [5.74, 6) is 2.53. The number of aryl methyl sites for hydroxylation is 2. The van der Waals surface area contributed by atoms with Crippen LogP contribution < -0.4 is 10.6 Å². The third-order valence-electron chi connectivity index (χ3n) is 7.65. The molecule has 1 aromatic carbocycles. The van der Waals surface area contributed by atoms with E-state index in [4.69, 9.17) is 0 Å². The highest BCUT2D eigenvalue weighted by atomic mass is 16.2. The Hall–Kier alpha value is -2.23. The standard InChI is InChI=1S/C25H33N3O/c1-16-5-4-6-23(7-16)28-17(2)8-22(18(28)3)15-26-24(29)27-25-12-19-9-20(13-25)11-21(10-19)14-25/h4-8,19-21H,9-15H2,1-3H3,(H2,26,27,29). The minimum Gasteiger partial charge on any atom is -0.334 e. The minimum atomic E-state index is 0.00677. The molecule has 2 aromatic rings. The largest absolute Gasteiger partial charge is 0.334 e. The van der Waals surface area contributed by atoms with E-state index in [1.807, 2.05) is 0 Å². The number of carbonyl (C=O) groups is 1. The molecule has 154 valence electrons. The molecular formula is C25H33N3O. The van der Waals surface area contributed by atoms with Gasteiger partial charge in [-0.3, -0.25) is 0 Å². The van der Waals surface area contributed by atoms with E-state index < -0.39 is 0 Å². The van der Waals surface area contributed by atoms with Crippen molar-refractivity contribution < 1.29 is 4.79 Å². The Labute approximate surface area is 174 Å². The first-order valence-corrected chi connectivity index (χ1v) is 11.2. The topological polar surface area (TPSA) is 46.1 Å². The van der Waals surface area contributed by atoms with Gasteiger partial charge < -0.3 is 15.2 Å². The lowest BCUT2D eigenvalue weighted by Crippen LogP contribution is -2.61. The second-order valence-corrected chi connectivity index (χ2v) is 10.1. The number of urea groups is 1. The van der Waals surface area contributed by atoms with Crippen LogP contribution in [-0.4, -0.2) is 16.1 Å². The molecule has 6 rings (SSSR count). The van der Waals surface area contributed by atoms with Crippen molar-refractivity contribution in [3.8, 4) is 5.69 Å². The zero-order valence-electron chi connectivity index (χ0n) is 17.9. The maximum atomic E-state index is 12.8. The Balaban J connectivity index is 1.26. The predicted octanol–water partition coefficient (Wildman–Crippen LogP) is 5.17. The van der Waals surface area contributed by atoms with Crippen molar-refractivity contribution in [2.45, 2.75) is 71.4 Å². The smallest absolute Gasteiger partial charge is 0.315 e. The van der Waals surface area contributed by atoms with Crippen LogP contribution in [0.1, 0.15) is 61.0 Å². The molecule has 2 amide bonds. The molecule has 2 N–H and O–H groups in total. The fourth-order valence-corrected chi connectivity index (χ4v) is 6.90. The van der Waals surface area contributed by atoms with Gasteiger partial charge in [-0.1, -0.05) is 12.1 Å². The van der Waals surface area contributed by atoms with Crippen molar-refractivity contribution in [1.82, 2.24) is 15.2 Å². The molecule has 4 aliphatic carbocycles. The predicted molar refractivity (Wildman–Crippen MR) is 116 cm³/mol. The van der Waals surface area contributed by atoms with Gasteiger partial charge in [0.1, 0.15) is 0 Å². The molecule has 0 saturated heterocycles. The van der Waals surface area contributed by atoms with Gasteiger partial charge in [0, 0.05) is 29.2 Å². The van der Waals surface area contributed by atoms with Gasteiger partial charge in [0.25, 0.3) is 0 Å². The molecule has 0 spiro atoms. The zero-order valence-corrected chi connectivity index (χ0v) is 17.9. The van der Waals surface area contributed by atoms with Gasteiger partial charge in [-0.25, -0.2) is 4.79 Å². The summed E-state index contributed by atoms with van der Waals surface area (Å²) in [4.78, 5) is 12.8. The monoisotopic (exact) mass is 391 g/mol. The number of rotatable bonds is 4. The molecule has 4 saturated carbocycles. The third kappa shape index (κ3) is 3.47. The molecule has 4 heteroatoms. The summed E-state index contributed by atoms with van der Waals surface area (Å²) in [6.07, 6.45) is 7.76. The minimum absolute atomic E-state index is 0.00677. The summed E-state index contributed by atoms with van der Waals surface area (Å²) >= 11 is 0. The van der Waals surface area contributed by atoms with Crippen LogP contribution in [-0.2, 0) is 6.54 Å². The molecule has 29 heavy (non-hydrogen) atoms. The quantitative estimate of drug-likeness (QED) is 0.742. The number of nitrogens with one attached hydrogen (secondary N) is 2. The summed E-state index contributed by atoms with van der Waals surface area (Å²) in [7, 11) is 0. The molecule has 0 unspecified atom stereocenters. The van der Waals surface area contributed by atoms with Crippen LogP contribution in [0.3, 0.4) is 0 Å². The van der Waals surface area contributed by atoms with Crippen LogP contribution in [0.25, 0.3) is 5.69 Å². The molecule has 4 bridgehead atoms. The second-order valence-electron chi connectivity index (χ2n) is 10.1. The maximum Gasteiger partial charge on any atom is 0.315 e. The van der Waals surface area contributed by atoms with E-state index in [1.165, 1.54) is 66.7 Å². The van der Waals surface area contributed by atoms with E-state index in [-0.39, 0.29) is 11.6 Å². The maximum absolute atomic E-state index is 12.8. The lowest BCUT2D eigenvalue weighted by atomic mass is 9.53. The first-order chi connectivity index (χ1) is 13.9. The van der Waals surface area contributed by atoms with Gasteiger partial charge >= 0.3 is 6.03 Å². The number of hydrogen-bond donors (Lipinski definition) is 2. The van der Waals surface area contributed by atoms with Gasteiger partial charge in [0.2, 0.25) is 0 Å². The van der Waals surface area contributed by atoms with Crippen molar-refractivity contribution in [2.24, 2.45) is 17.8 Å². The van der Waals surface area contributed by atoms with E-state index >= 15 is 0 Å². The lowest BCUT2D eigenvalue weighted by molar-refractivity contribution is -0.0135. The number of benzene rings is 1. The van der Waals surface area contributed by atoms with Crippen molar-refractivity contribution in [1.29, 1.82) is 0 Å². The first kappa shape index (κ1) is 18.8. The van der Waals surface area contributed by atoms with Crippen LogP contribution in [0, 0.1) is 38.5 Å². The highest BCUT2D eigenvalue weighted by molar-refractivity contribution is 5.75. The van der Waals surface area contributed by atoms with E-state index in [0.717, 1.165) is 17.8 Å². The highest BCUT2D eigenvalue weighted by Gasteiger charge is 2.51. The molecule has 1 heterocycles. The van der Waals surface area contributed by atoms with E-state index in [1.54, 1.807) is 0 Å². The second kappa shape index (κ2) is 6.93.